The Hall–Kier alpha value is -3.71. The fraction of sp³-hybridized carbons (Fsp3) is 0. The number of anilines is 3. The number of aromatic amines is 1. The molecule has 2 aromatic carbocycles. The largest absolute Gasteiger partial charge is 0.345 e. The fourth-order valence-corrected chi connectivity index (χ4v) is 2.78. The minimum atomic E-state index is -0.111. The zero-order chi connectivity index (χ0) is 17.9. The number of hydrogen-bond donors (Lipinski definition) is 4. The van der Waals surface area contributed by atoms with E-state index in [1.807, 2.05) is 24.3 Å². The molecule has 128 valence electrons. The maximum Gasteiger partial charge on any atom is 0.195 e. The van der Waals surface area contributed by atoms with Gasteiger partial charge < -0.3 is 10.3 Å². The van der Waals surface area contributed by atoms with E-state index in [2.05, 4.69) is 25.7 Å². The van der Waals surface area contributed by atoms with Crippen molar-refractivity contribution in [2.24, 2.45) is 0 Å². The molecule has 0 radical (unpaired) electrons. The highest BCUT2D eigenvalue weighted by atomic mass is 16.5. The quantitative estimate of drug-likeness (QED) is 0.325. The predicted octanol–water partition coefficient (Wildman–Crippen LogP) is 3.73. The molecule has 26 heavy (non-hydrogen) atoms. The molecule has 0 fully saturated rings. The van der Waals surface area contributed by atoms with Crippen LogP contribution in [0, 0.1) is 0 Å². The maximum absolute atomic E-state index is 12.9. The molecule has 4 N–H and O–H groups in total. The number of carbonyl (C=O) groups is 1. The van der Waals surface area contributed by atoms with Crippen LogP contribution in [0.2, 0.25) is 0 Å². The van der Waals surface area contributed by atoms with Crippen LogP contribution in [0.3, 0.4) is 0 Å². The van der Waals surface area contributed by atoms with Crippen molar-refractivity contribution in [3.63, 3.8) is 0 Å². The molecule has 0 atom stereocenters. The average molecular weight is 345 g/mol. The smallest absolute Gasteiger partial charge is 0.195 e. The Morgan fingerprint density at radius 2 is 1.81 bits per heavy atom. The summed E-state index contributed by atoms with van der Waals surface area (Å²) in [5.74, 6) is 0.395. The lowest BCUT2D eigenvalue weighted by Crippen LogP contribution is -2.02. The van der Waals surface area contributed by atoms with Crippen molar-refractivity contribution in [3.8, 4) is 0 Å². The summed E-state index contributed by atoms with van der Waals surface area (Å²) in [6.07, 6.45) is 3.07. The van der Waals surface area contributed by atoms with Crippen LogP contribution in [-0.4, -0.2) is 25.9 Å². The van der Waals surface area contributed by atoms with Crippen molar-refractivity contribution in [1.29, 1.82) is 0 Å². The Morgan fingerprint density at radius 1 is 1.00 bits per heavy atom. The summed E-state index contributed by atoms with van der Waals surface area (Å²) in [5, 5.41) is 12.9. The van der Waals surface area contributed by atoms with Gasteiger partial charge in [0.1, 0.15) is 17.8 Å². The summed E-state index contributed by atoms with van der Waals surface area (Å²) >= 11 is 0. The lowest BCUT2D eigenvalue weighted by atomic mass is 10.0. The monoisotopic (exact) mass is 345 g/mol. The summed E-state index contributed by atoms with van der Waals surface area (Å²) in [6, 6.07) is 16.1. The zero-order valence-electron chi connectivity index (χ0n) is 13.6. The van der Waals surface area contributed by atoms with Gasteiger partial charge in [0.25, 0.3) is 0 Å². The number of hydrogen-bond acceptors (Lipinski definition) is 6. The van der Waals surface area contributed by atoms with E-state index < -0.39 is 0 Å². The lowest BCUT2D eigenvalue weighted by Gasteiger charge is -2.09. The molecule has 2 aromatic heterocycles. The first-order valence-corrected chi connectivity index (χ1v) is 7.95. The molecule has 0 unspecified atom stereocenters. The van der Waals surface area contributed by atoms with Crippen LogP contribution in [0.4, 0.5) is 17.2 Å². The van der Waals surface area contributed by atoms with Gasteiger partial charge in [0.15, 0.2) is 5.78 Å². The lowest BCUT2D eigenvalue weighted by molar-refractivity contribution is 0.104. The Balaban J connectivity index is 1.78. The summed E-state index contributed by atoms with van der Waals surface area (Å²) in [7, 11) is 0. The number of nitrogens with zero attached hydrogens (tertiary/aromatic N) is 2. The number of ketones is 1. The fourth-order valence-electron chi connectivity index (χ4n) is 2.78. The van der Waals surface area contributed by atoms with Gasteiger partial charge in [-0.15, -0.1) is 0 Å². The molecule has 0 saturated carbocycles. The molecule has 7 heteroatoms. The van der Waals surface area contributed by atoms with Gasteiger partial charge in [-0.25, -0.2) is 9.97 Å². The third kappa shape index (κ3) is 2.87. The van der Waals surface area contributed by atoms with E-state index >= 15 is 0 Å². The predicted molar refractivity (Wildman–Crippen MR) is 98.9 cm³/mol. The summed E-state index contributed by atoms with van der Waals surface area (Å²) < 4.78 is 0. The first-order valence-electron chi connectivity index (χ1n) is 7.95. The average Bonchev–Trinajstić information content (AvgIpc) is 3.13. The minimum absolute atomic E-state index is 0.111. The van der Waals surface area contributed by atoms with E-state index in [9.17, 15) is 4.79 Å². The third-order valence-electron chi connectivity index (χ3n) is 4.00. The molecule has 0 aliphatic carbocycles. The Labute approximate surface area is 148 Å². The topological polar surface area (TPSA) is 103 Å². The molecule has 0 saturated heterocycles. The third-order valence-corrected chi connectivity index (χ3v) is 4.00. The number of benzene rings is 2. The summed E-state index contributed by atoms with van der Waals surface area (Å²) in [6.45, 7) is 0. The number of carbonyl (C=O) groups excluding carboxylic acids is 1. The van der Waals surface area contributed by atoms with Gasteiger partial charge in [0.05, 0.1) is 16.6 Å². The van der Waals surface area contributed by atoms with Gasteiger partial charge in [-0.3, -0.25) is 15.5 Å². The van der Waals surface area contributed by atoms with Gasteiger partial charge in [0.2, 0.25) is 0 Å². The Bertz CT molecular complexity index is 1080. The number of aromatic nitrogens is 3. The molecule has 2 heterocycles. The van der Waals surface area contributed by atoms with Crippen LogP contribution in [-0.2, 0) is 0 Å². The standard InChI is InChI=1S/C19H15N5O2/c25-17(12-5-2-1-3-6-12)15-10-20-18-16(15)19(22-11-21-18)23-13-7-4-8-14(9-13)24-26/h1-11,24,26H,(H2,20,21,22,23). The van der Waals surface area contributed by atoms with E-state index in [4.69, 9.17) is 5.21 Å². The van der Waals surface area contributed by atoms with E-state index in [1.54, 1.807) is 36.5 Å². The van der Waals surface area contributed by atoms with Crippen molar-refractivity contribution in [3.05, 3.63) is 78.2 Å². The van der Waals surface area contributed by atoms with Crippen LogP contribution in [0.15, 0.2) is 67.1 Å². The Morgan fingerprint density at radius 3 is 2.62 bits per heavy atom. The van der Waals surface area contributed by atoms with Crippen molar-refractivity contribution >= 4 is 34.0 Å². The minimum Gasteiger partial charge on any atom is -0.345 e. The van der Waals surface area contributed by atoms with Crippen molar-refractivity contribution in [2.75, 3.05) is 10.8 Å². The SMILES string of the molecule is O=C(c1ccccc1)c1c[nH]c2ncnc(Nc3cccc(NO)c3)c12. The number of rotatable bonds is 5. The Kier molecular flexibility index (Phi) is 4.04. The first-order chi connectivity index (χ1) is 12.8. The number of nitrogens with one attached hydrogen (secondary N) is 3. The number of fused-ring (bicyclic) bond motifs is 1. The van der Waals surface area contributed by atoms with Crippen LogP contribution in [0.1, 0.15) is 15.9 Å². The van der Waals surface area contributed by atoms with Crippen molar-refractivity contribution in [2.45, 2.75) is 0 Å². The van der Waals surface area contributed by atoms with E-state index in [0.717, 1.165) is 0 Å². The second-order valence-electron chi connectivity index (χ2n) is 5.66. The van der Waals surface area contributed by atoms with Gasteiger partial charge in [-0.2, -0.15) is 0 Å². The summed E-state index contributed by atoms with van der Waals surface area (Å²) in [4.78, 5) is 24.4. The highest BCUT2D eigenvalue weighted by molar-refractivity contribution is 6.18. The maximum atomic E-state index is 12.9. The van der Waals surface area contributed by atoms with Gasteiger partial charge >= 0.3 is 0 Å². The van der Waals surface area contributed by atoms with E-state index in [-0.39, 0.29) is 5.78 Å². The molecule has 0 bridgehead atoms. The normalized spacial score (nSPS) is 10.7. The van der Waals surface area contributed by atoms with Crippen molar-refractivity contribution < 1.29 is 10.0 Å². The molecule has 0 aliphatic heterocycles. The van der Waals surface area contributed by atoms with Crippen LogP contribution in [0.5, 0.6) is 0 Å². The molecular weight excluding hydrogens is 330 g/mol. The molecule has 0 amide bonds. The second-order valence-corrected chi connectivity index (χ2v) is 5.66. The van der Waals surface area contributed by atoms with Gasteiger partial charge in [0, 0.05) is 17.4 Å². The number of H-pyrrole nitrogens is 1. The molecule has 4 rings (SSSR count). The molecule has 0 spiro atoms. The van der Waals surface area contributed by atoms with Crippen LogP contribution >= 0.6 is 0 Å². The van der Waals surface area contributed by atoms with Gasteiger partial charge in [-0.05, 0) is 18.2 Å². The van der Waals surface area contributed by atoms with Gasteiger partial charge in [-0.1, -0.05) is 36.4 Å². The van der Waals surface area contributed by atoms with E-state index in [1.165, 1.54) is 6.33 Å². The van der Waals surface area contributed by atoms with Crippen LogP contribution < -0.4 is 10.8 Å². The van der Waals surface area contributed by atoms with E-state index in [0.29, 0.717) is 39.4 Å². The van der Waals surface area contributed by atoms with Crippen LogP contribution in [0.25, 0.3) is 11.0 Å². The zero-order valence-corrected chi connectivity index (χ0v) is 13.6. The highest BCUT2D eigenvalue weighted by Crippen LogP contribution is 2.28. The molecule has 4 aromatic rings. The summed E-state index contributed by atoms with van der Waals surface area (Å²) in [5.41, 5.74) is 5.00. The highest BCUT2D eigenvalue weighted by Gasteiger charge is 2.18. The first kappa shape index (κ1) is 15.8. The van der Waals surface area contributed by atoms with Crippen molar-refractivity contribution in [1.82, 2.24) is 15.0 Å². The second kappa shape index (κ2) is 6.66. The molecular formula is C19H15N5O2. The molecule has 7 nitrogen and oxygen atoms in total. The molecule has 0 aliphatic rings.